The number of aromatic nitrogens is 1. The number of aliphatic imine (C=N–C) groups is 1. The summed E-state index contributed by atoms with van der Waals surface area (Å²) in [6.07, 6.45) is 6.15. The summed E-state index contributed by atoms with van der Waals surface area (Å²) in [6.45, 7) is 4.43. The van der Waals surface area contributed by atoms with Gasteiger partial charge in [-0.3, -0.25) is 4.79 Å². The quantitative estimate of drug-likeness (QED) is 0.659. The minimum atomic E-state index is -0.345. The van der Waals surface area contributed by atoms with E-state index in [0.717, 1.165) is 67.3 Å². The Hall–Kier alpha value is -2.12. The fourth-order valence-corrected chi connectivity index (χ4v) is 5.04. The molecule has 3 unspecified atom stereocenters. The summed E-state index contributed by atoms with van der Waals surface area (Å²) in [4.78, 5) is 19.8. The van der Waals surface area contributed by atoms with Gasteiger partial charge in [-0.05, 0) is 57.6 Å². The van der Waals surface area contributed by atoms with Crippen molar-refractivity contribution in [3.05, 3.63) is 41.3 Å². The molecule has 2 aromatic rings. The van der Waals surface area contributed by atoms with Crippen LogP contribution in [-0.2, 0) is 16.1 Å². The van der Waals surface area contributed by atoms with Crippen LogP contribution in [0.2, 0.25) is 0 Å². The molecule has 1 fully saturated rings. The van der Waals surface area contributed by atoms with E-state index in [2.05, 4.69) is 29.0 Å². The number of aryl methyl sites for hydroxylation is 2. The third kappa shape index (κ3) is 5.13. The van der Waals surface area contributed by atoms with Crippen molar-refractivity contribution in [2.45, 2.75) is 70.3 Å². The highest BCUT2D eigenvalue weighted by Gasteiger charge is 2.28. The molecule has 1 saturated carbocycles. The number of amides is 1. The zero-order valence-electron chi connectivity index (χ0n) is 17.4. The van der Waals surface area contributed by atoms with Gasteiger partial charge < -0.3 is 14.3 Å². The van der Waals surface area contributed by atoms with Gasteiger partial charge in [0.2, 0.25) is 5.89 Å². The minimum Gasteiger partial charge on any atom is -0.854 e. The number of benzene rings is 1. The van der Waals surface area contributed by atoms with E-state index in [-0.39, 0.29) is 22.5 Å². The predicted octanol–water partition coefficient (Wildman–Crippen LogP) is 4.17. The number of nitrogens with zero attached hydrogens (tertiary/aromatic N) is 2. The Kier molecular flexibility index (Phi) is 6.58. The van der Waals surface area contributed by atoms with Crippen LogP contribution < -0.4 is 5.11 Å². The van der Waals surface area contributed by atoms with Gasteiger partial charge in [-0.2, -0.15) is 0 Å². The number of oxazole rings is 1. The van der Waals surface area contributed by atoms with E-state index in [1.165, 1.54) is 5.56 Å². The highest BCUT2D eigenvalue weighted by molar-refractivity contribution is 8.14. The van der Waals surface area contributed by atoms with Crippen molar-refractivity contribution in [2.75, 3.05) is 0 Å². The maximum absolute atomic E-state index is 11.7. The van der Waals surface area contributed by atoms with Crippen molar-refractivity contribution in [2.24, 2.45) is 10.9 Å². The van der Waals surface area contributed by atoms with Crippen LogP contribution in [0.25, 0.3) is 11.5 Å². The first-order valence-corrected chi connectivity index (χ1v) is 11.5. The number of carbonyl (C=O) groups is 1. The van der Waals surface area contributed by atoms with Crippen LogP contribution in [0, 0.1) is 19.8 Å². The van der Waals surface area contributed by atoms with Crippen molar-refractivity contribution in [3.63, 3.8) is 0 Å². The fraction of sp³-hybridized carbons (Fsp3) is 0.522. The molecule has 0 radical (unpaired) electrons. The van der Waals surface area contributed by atoms with Crippen LogP contribution in [0.4, 0.5) is 0 Å². The van der Waals surface area contributed by atoms with Crippen LogP contribution in [-0.4, -0.2) is 27.5 Å². The van der Waals surface area contributed by atoms with E-state index < -0.39 is 0 Å². The maximum Gasteiger partial charge on any atom is 0.259 e. The number of carbonyl (C=O) groups excluding carboxylic acids is 1. The third-order valence-corrected chi connectivity index (χ3v) is 6.92. The Morgan fingerprint density at radius 1 is 1.27 bits per heavy atom. The first kappa shape index (κ1) is 21.1. The van der Waals surface area contributed by atoms with Crippen molar-refractivity contribution < 1.29 is 19.1 Å². The number of rotatable bonds is 7. The lowest BCUT2D eigenvalue weighted by Gasteiger charge is -2.29. The standard InChI is InChI=1S/C23H28N2O4S/c1-14-5-3-7-17(11-14)22-24-19(15(2)29-22)13-28-18-8-4-6-16(12-18)9-10-20-21(26)25-23(27)30-20/h3,5,7,11,16,18,20H,4,6,8-10,12-13H2,1-2H3,(H,25,26,27)/p-1. The molecule has 0 bridgehead atoms. The molecule has 7 heteroatoms. The molecule has 1 aliphatic carbocycles. The second-order valence-corrected chi connectivity index (χ2v) is 9.41. The number of hydrogen-bond acceptors (Lipinski definition) is 6. The lowest BCUT2D eigenvalue weighted by Crippen LogP contribution is -2.24. The van der Waals surface area contributed by atoms with Gasteiger partial charge >= 0.3 is 0 Å². The van der Waals surface area contributed by atoms with E-state index >= 15 is 0 Å². The van der Waals surface area contributed by atoms with E-state index in [1.807, 2.05) is 19.1 Å². The van der Waals surface area contributed by atoms with Crippen molar-refractivity contribution >= 4 is 22.9 Å². The van der Waals surface area contributed by atoms with Crippen LogP contribution in [0.5, 0.6) is 0 Å². The third-order valence-electron chi connectivity index (χ3n) is 5.91. The second-order valence-electron chi connectivity index (χ2n) is 8.26. The molecule has 3 atom stereocenters. The van der Waals surface area contributed by atoms with Gasteiger partial charge in [0.1, 0.15) is 11.5 Å². The summed E-state index contributed by atoms with van der Waals surface area (Å²) < 4.78 is 12.1. The molecule has 1 aliphatic heterocycles. The Balaban J connectivity index is 1.28. The molecule has 6 nitrogen and oxygen atoms in total. The average molecular weight is 428 g/mol. The molecule has 1 aromatic carbocycles. The van der Waals surface area contributed by atoms with Gasteiger partial charge in [0.05, 0.1) is 18.0 Å². The topological polar surface area (TPSA) is 87.8 Å². The zero-order valence-corrected chi connectivity index (χ0v) is 18.2. The van der Waals surface area contributed by atoms with Gasteiger partial charge in [-0.25, -0.2) is 9.98 Å². The Morgan fingerprint density at radius 2 is 2.13 bits per heavy atom. The molecule has 0 saturated heterocycles. The van der Waals surface area contributed by atoms with Crippen molar-refractivity contribution in [1.29, 1.82) is 0 Å². The van der Waals surface area contributed by atoms with E-state index in [4.69, 9.17) is 9.15 Å². The summed E-state index contributed by atoms with van der Waals surface area (Å²) >= 11 is 1.07. The van der Waals surface area contributed by atoms with Gasteiger partial charge in [0.15, 0.2) is 0 Å². The van der Waals surface area contributed by atoms with Crippen molar-refractivity contribution in [3.8, 4) is 11.5 Å². The molecular weight excluding hydrogens is 400 g/mol. The molecule has 160 valence electrons. The molecule has 1 aromatic heterocycles. The molecule has 4 rings (SSSR count). The SMILES string of the molecule is Cc1cccc(-c2nc(COC3CCCC(CCC4SC([O-])=NC4=O)C3)c(C)o2)c1. The molecular formula is C23H27N2O4S-. The molecule has 0 N–H and O–H groups in total. The first-order valence-electron chi connectivity index (χ1n) is 10.6. The van der Waals surface area contributed by atoms with Crippen molar-refractivity contribution in [1.82, 2.24) is 4.98 Å². The highest BCUT2D eigenvalue weighted by Crippen LogP contribution is 2.33. The van der Waals surface area contributed by atoms with Crippen LogP contribution in [0.1, 0.15) is 55.5 Å². The molecule has 30 heavy (non-hydrogen) atoms. The number of thioether (sulfide) groups is 1. The number of ether oxygens (including phenoxy) is 1. The van der Waals surface area contributed by atoms with Crippen LogP contribution in [0.15, 0.2) is 33.7 Å². The summed E-state index contributed by atoms with van der Waals surface area (Å²) in [5, 5.41) is 10.6. The monoisotopic (exact) mass is 427 g/mol. The molecule has 0 spiro atoms. The van der Waals surface area contributed by atoms with E-state index in [1.54, 1.807) is 0 Å². The Morgan fingerprint density at radius 3 is 2.90 bits per heavy atom. The molecule has 1 amide bonds. The predicted molar refractivity (Wildman–Crippen MR) is 115 cm³/mol. The minimum absolute atomic E-state index is 0.195. The smallest absolute Gasteiger partial charge is 0.259 e. The molecule has 2 heterocycles. The Labute approximate surface area is 181 Å². The second kappa shape index (κ2) is 9.35. The average Bonchev–Trinajstić information content (AvgIpc) is 3.26. The van der Waals surface area contributed by atoms with Crippen LogP contribution in [0.3, 0.4) is 0 Å². The normalized spacial score (nSPS) is 24.3. The largest absolute Gasteiger partial charge is 0.854 e. The van der Waals surface area contributed by atoms with Gasteiger partial charge in [0.25, 0.3) is 5.91 Å². The lowest BCUT2D eigenvalue weighted by molar-refractivity contribution is -0.205. The molecule has 2 aliphatic rings. The van der Waals surface area contributed by atoms with E-state index in [9.17, 15) is 9.90 Å². The first-order chi connectivity index (χ1) is 14.5. The van der Waals surface area contributed by atoms with Gasteiger partial charge in [-0.15, -0.1) is 11.8 Å². The highest BCUT2D eigenvalue weighted by atomic mass is 32.2. The van der Waals surface area contributed by atoms with E-state index in [0.29, 0.717) is 18.4 Å². The zero-order chi connectivity index (χ0) is 21.1. The fourth-order valence-electron chi connectivity index (χ4n) is 4.25. The van der Waals surface area contributed by atoms with Gasteiger partial charge in [-0.1, -0.05) is 30.5 Å². The summed E-state index contributed by atoms with van der Waals surface area (Å²) in [5.41, 5.74) is 3.00. The van der Waals surface area contributed by atoms with Crippen LogP contribution >= 0.6 is 11.8 Å². The Bertz CT molecular complexity index is 939. The number of hydrogen-bond donors (Lipinski definition) is 0. The summed E-state index contributed by atoms with van der Waals surface area (Å²) in [5.74, 6) is 1.69. The van der Waals surface area contributed by atoms with Gasteiger partial charge in [0, 0.05) is 10.8 Å². The maximum atomic E-state index is 11.7. The lowest BCUT2D eigenvalue weighted by atomic mass is 9.84. The summed E-state index contributed by atoms with van der Waals surface area (Å²) in [7, 11) is 0. The summed E-state index contributed by atoms with van der Waals surface area (Å²) in [6, 6.07) is 8.12.